The smallest absolute Gasteiger partial charge is 0.282 e. The second kappa shape index (κ2) is 6.10. The molecule has 0 atom stereocenters. The van der Waals surface area contributed by atoms with Gasteiger partial charge in [0.25, 0.3) is 11.6 Å². The molecular weight excluding hydrogens is 296 g/mol. The number of aromatic nitrogens is 2. The highest BCUT2D eigenvalue weighted by atomic mass is 16.6. The highest BCUT2D eigenvalue weighted by Crippen LogP contribution is 2.22. The molecule has 0 saturated carbocycles. The average Bonchev–Trinajstić information content (AvgIpc) is 3.09. The Hall–Kier alpha value is -3.48. The monoisotopic (exact) mass is 308 g/mol. The lowest BCUT2D eigenvalue weighted by molar-refractivity contribution is -0.385. The van der Waals surface area contributed by atoms with Gasteiger partial charge in [-0.15, -0.1) is 0 Å². The zero-order valence-corrected chi connectivity index (χ0v) is 11.9. The van der Waals surface area contributed by atoms with Gasteiger partial charge in [0.2, 0.25) is 0 Å². The molecule has 0 aliphatic rings. The molecule has 0 spiro atoms. The van der Waals surface area contributed by atoms with Crippen molar-refractivity contribution in [3.8, 4) is 11.3 Å². The number of anilines is 1. The van der Waals surface area contributed by atoms with Gasteiger partial charge in [0, 0.05) is 23.5 Å². The van der Waals surface area contributed by atoms with Crippen molar-refractivity contribution in [2.45, 2.75) is 0 Å². The van der Waals surface area contributed by atoms with Crippen LogP contribution in [0.4, 0.5) is 11.4 Å². The number of benzene rings is 2. The van der Waals surface area contributed by atoms with E-state index in [-0.39, 0.29) is 11.3 Å². The molecule has 0 aliphatic heterocycles. The summed E-state index contributed by atoms with van der Waals surface area (Å²) < 4.78 is 0. The molecule has 0 fully saturated rings. The second-order valence-corrected chi connectivity index (χ2v) is 4.78. The van der Waals surface area contributed by atoms with E-state index in [4.69, 9.17) is 0 Å². The van der Waals surface area contributed by atoms with Gasteiger partial charge < -0.3 is 5.32 Å². The van der Waals surface area contributed by atoms with Crippen molar-refractivity contribution in [1.82, 2.24) is 10.2 Å². The standard InChI is InChI=1S/C16H12N4O3/c21-16(13-6-1-2-7-15(13)20(22)23)18-12-5-3-4-11(10-12)14-8-9-17-19-14/h1-10H,(H,17,19)(H,18,21). The summed E-state index contributed by atoms with van der Waals surface area (Å²) in [6.07, 6.45) is 1.63. The lowest BCUT2D eigenvalue weighted by atomic mass is 10.1. The van der Waals surface area contributed by atoms with Crippen molar-refractivity contribution >= 4 is 17.3 Å². The van der Waals surface area contributed by atoms with Crippen LogP contribution in [0.25, 0.3) is 11.3 Å². The van der Waals surface area contributed by atoms with E-state index in [1.165, 1.54) is 18.2 Å². The lowest BCUT2D eigenvalue weighted by Gasteiger charge is -2.07. The highest BCUT2D eigenvalue weighted by molar-refractivity contribution is 6.07. The normalized spacial score (nSPS) is 10.3. The number of nitro benzene ring substituents is 1. The van der Waals surface area contributed by atoms with E-state index in [1.54, 1.807) is 30.5 Å². The number of nitrogens with zero attached hydrogens (tertiary/aromatic N) is 2. The Morgan fingerprint density at radius 1 is 1.13 bits per heavy atom. The van der Waals surface area contributed by atoms with Crippen molar-refractivity contribution in [3.63, 3.8) is 0 Å². The summed E-state index contributed by atoms with van der Waals surface area (Å²) in [7, 11) is 0. The van der Waals surface area contributed by atoms with Gasteiger partial charge in [0.1, 0.15) is 5.56 Å². The molecule has 0 saturated heterocycles. The van der Waals surface area contributed by atoms with Crippen LogP contribution in [0.15, 0.2) is 60.8 Å². The van der Waals surface area contributed by atoms with E-state index >= 15 is 0 Å². The van der Waals surface area contributed by atoms with Gasteiger partial charge in [-0.1, -0.05) is 24.3 Å². The molecular formula is C16H12N4O3. The summed E-state index contributed by atoms with van der Waals surface area (Å²) in [5.74, 6) is -0.529. The Balaban J connectivity index is 1.87. The maximum Gasteiger partial charge on any atom is 0.282 e. The van der Waals surface area contributed by atoms with Gasteiger partial charge in [0.15, 0.2) is 0 Å². The van der Waals surface area contributed by atoms with E-state index in [1.807, 2.05) is 12.1 Å². The van der Waals surface area contributed by atoms with Crippen molar-refractivity contribution in [1.29, 1.82) is 0 Å². The van der Waals surface area contributed by atoms with Crippen LogP contribution >= 0.6 is 0 Å². The Bertz CT molecular complexity index is 859. The van der Waals surface area contributed by atoms with Crippen LogP contribution in [0, 0.1) is 10.1 Å². The zero-order chi connectivity index (χ0) is 16.2. The summed E-state index contributed by atoms with van der Waals surface area (Å²) in [4.78, 5) is 22.7. The zero-order valence-electron chi connectivity index (χ0n) is 11.9. The molecule has 1 aromatic heterocycles. The molecule has 0 bridgehead atoms. The minimum atomic E-state index is -0.573. The number of hydrogen-bond donors (Lipinski definition) is 2. The topological polar surface area (TPSA) is 101 Å². The molecule has 3 rings (SSSR count). The van der Waals surface area contributed by atoms with Crippen LogP contribution in [0.2, 0.25) is 0 Å². The van der Waals surface area contributed by atoms with Gasteiger partial charge in [0.05, 0.1) is 10.6 Å². The fourth-order valence-electron chi connectivity index (χ4n) is 2.20. The molecule has 0 unspecified atom stereocenters. The quantitative estimate of drug-likeness (QED) is 0.570. The first-order valence-electron chi connectivity index (χ1n) is 6.80. The average molecular weight is 308 g/mol. The van der Waals surface area contributed by atoms with Crippen LogP contribution < -0.4 is 5.32 Å². The number of carbonyl (C=O) groups is 1. The number of hydrogen-bond acceptors (Lipinski definition) is 4. The van der Waals surface area contributed by atoms with Gasteiger partial charge in [-0.3, -0.25) is 20.0 Å². The van der Waals surface area contributed by atoms with Crippen LogP contribution in [0.1, 0.15) is 10.4 Å². The molecule has 2 N–H and O–H groups in total. The summed E-state index contributed by atoms with van der Waals surface area (Å²) in [6, 6.07) is 14.8. The summed E-state index contributed by atoms with van der Waals surface area (Å²) in [6.45, 7) is 0. The summed E-state index contributed by atoms with van der Waals surface area (Å²) >= 11 is 0. The first-order chi connectivity index (χ1) is 11.1. The van der Waals surface area contributed by atoms with Crippen LogP contribution in [-0.2, 0) is 0 Å². The molecule has 0 aliphatic carbocycles. The van der Waals surface area contributed by atoms with E-state index in [2.05, 4.69) is 15.5 Å². The van der Waals surface area contributed by atoms with E-state index in [9.17, 15) is 14.9 Å². The maximum absolute atomic E-state index is 12.3. The Labute approximate surface area is 131 Å². The molecule has 23 heavy (non-hydrogen) atoms. The number of nitrogens with one attached hydrogen (secondary N) is 2. The minimum Gasteiger partial charge on any atom is -0.322 e. The molecule has 0 radical (unpaired) electrons. The number of amides is 1. The third kappa shape index (κ3) is 3.08. The van der Waals surface area contributed by atoms with Crippen LogP contribution in [0.3, 0.4) is 0 Å². The highest BCUT2D eigenvalue weighted by Gasteiger charge is 2.19. The van der Waals surface area contributed by atoms with Gasteiger partial charge in [-0.2, -0.15) is 5.10 Å². The molecule has 7 nitrogen and oxygen atoms in total. The largest absolute Gasteiger partial charge is 0.322 e. The number of rotatable bonds is 4. The Morgan fingerprint density at radius 3 is 2.70 bits per heavy atom. The Morgan fingerprint density at radius 2 is 1.96 bits per heavy atom. The fraction of sp³-hybridized carbons (Fsp3) is 0. The van der Waals surface area contributed by atoms with E-state index in [0.29, 0.717) is 5.69 Å². The SMILES string of the molecule is O=C(Nc1cccc(-c2ccn[nH]2)c1)c1ccccc1[N+](=O)[O-]. The molecule has 114 valence electrons. The van der Waals surface area contributed by atoms with Gasteiger partial charge in [-0.05, 0) is 24.3 Å². The van der Waals surface area contributed by atoms with Gasteiger partial charge in [-0.25, -0.2) is 0 Å². The summed E-state index contributed by atoms with van der Waals surface area (Å²) in [5, 5.41) is 20.4. The predicted molar refractivity (Wildman–Crippen MR) is 85.1 cm³/mol. The minimum absolute atomic E-state index is 0.0180. The molecule has 1 amide bonds. The molecule has 2 aromatic carbocycles. The maximum atomic E-state index is 12.3. The van der Waals surface area contributed by atoms with E-state index in [0.717, 1.165) is 11.3 Å². The first kappa shape index (κ1) is 14.5. The number of aromatic amines is 1. The fourth-order valence-corrected chi connectivity index (χ4v) is 2.20. The number of nitro groups is 1. The van der Waals surface area contributed by atoms with Crippen molar-refractivity contribution in [2.24, 2.45) is 0 Å². The van der Waals surface area contributed by atoms with Crippen molar-refractivity contribution in [3.05, 3.63) is 76.5 Å². The van der Waals surface area contributed by atoms with Crippen LogP contribution in [0.5, 0.6) is 0 Å². The third-order valence-corrected chi connectivity index (χ3v) is 3.28. The summed E-state index contributed by atoms with van der Waals surface area (Å²) in [5.41, 5.74) is 1.99. The number of H-pyrrole nitrogens is 1. The second-order valence-electron chi connectivity index (χ2n) is 4.78. The first-order valence-corrected chi connectivity index (χ1v) is 6.80. The molecule has 7 heteroatoms. The van der Waals surface area contributed by atoms with Crippen LogP contribution in [-0.4, -0.2) is 21.0 Å². The third-order valence-electron chi connectivity index (χ3n) is 3.28. The number of para-hydroxylation sites is 1. The van der Waals surface area contributed by atoms with Gasteiger partial charge >= 0.3 is 0 Å². The van der Waals surface area contributed by atoms with Crippen molar-refractivity contribution in [2.75, 3.05) is 5.32 Å². The predicted octanol–water partition coefficient (Wildman–Crippen LogP) is 3.24. The van der Waals surface area contributed by atoms with Crippen molar-refractivity contribution < 1.29 is 9.72 Å². The molecule has 3 aromatic rings. The molecule has 1 heterocycles. The lowest BCUT2D eigenvalue weighted by Crippen LogP contribution is -2.13. The Kier molecular flexibility index (Phi) is 3.84. The number of carbonyl (C=O) groups excluding carboxylic acids is 1. The van der Waals surface area contributed by atoms with E-state index < -0.39 is 10.8 Å².